The monoisotopic (exact) mass is 363 g/mol. The van der Waals surface area contributed by atoms with Crippen LogP contribution in [-0.2, 0) is 6.61 Å². The minimum Gasteiger partial charge on any atom is -0.488 e. The first-order chi connectivity index (χ1) is 12.6. The minimum atomic E-state index is -1.16. The van der Waals surface area contributed by atoms with E-state index in [2.05, 4.69) is 4.85 Å². The number of ether oxygens (including phenoxy) is 1. The van der Waals surface area contributed by atoms with Gasteiger partial charge in [-0.1, -0.05) is 60.1 Å². The van der Waals surface area contributed by atoms with Crippen molar-refractivity contribution in [3.05, 3.63) is 94.3 Å². The molecule has 128 valence electrons. The molecule has 1 N–H and O–H groups in total. The lowest BCUT2D eigenvalue weighted by atomic mass is 9.97. The lowest BCUT2D eigenvalue weighted by molar-refractivity contribution is 0.0692. The van der Waals surface area contributed by atoms with E-state index in [0.717, 1.165) is 5.56 Å². The summed E-state index contributed by atoms with van der Waals surface area (Å²) in [7, 11) is 0. The zero-order valence-corrected chi connectivity index (χ0v) is 14.4. The van der Waals surface area contributed by atoms with Crippen LogP contribution >= 0.6 is 11.6 Å². The van der Waals surface area contributed by atoms with Crippen LogP contribution in [-0.4, -0.2) is 11.1 Å². The van der Waals surface area contributed by atoms with Crippen molar-refractivity contribution in [2.45, 2.75) is 6.61 Å². The molecule has 0 aliphatic carbocycles. The Kier molecular flexibility index (Phi) is 5.21. The van der Waals surface area contributed by atoms with Gasteiger partial charge in [-0.25, -0.2) is 9.64 Å². The molecule has 0 bridgehead atoms. The molecule has 0 saturated carbocycles. The molecule has 0 unspecified atom stereocenters. The van der Waals surface area contributed by atoms with E-state index >= 15 is 0 Å². The normalized spacial score (nSPS) is 10.2. The van der Waals surface area contributed by atoms with Gasteiger partial charge in [0.2, 0.25) is 0 Å². The molecular weight excluding hydrogens is 350 g/mol. The molecule has 5 heteroatoms. The van der Waals surface area contributed by atoms with Crippen molar-refractivity contribution in [2.75, 3.05) is 0 Å². The van der Waals surface area contributed by atoms with Gasteiger partial charge in [0.25, 0.3) is 0 Å². The van der Waals surface area contributed by atoms with E-state index < -0.39 is 5.97 Å². The summed E-state index contributed by atoms with van der Waals surface area (Å²) in [4.78, 5) is 15.4. The summed E-state index contributed by atoms with van der Waals surface area (Å²) in [6, 6.07) is 19.3. The molecule has 0 aliphatic heterocycles. The third-order valence-corrected chi connectivity index (χ3v) is 4.06. The first kappa shape index (κ1) is 17.5. The van der Waals surface area contributed by atoms with Crippen LogP contribution in [0.25, 0.3) is 16.0 Å². The van der Waals surface area contributed by atoms with Crippen LogP contribution in [0.3, 0.4) is 0 Å². The zero-order valence-electron chi connectivity index (χ0n) is 13.6. The summed E-state index contributed by atoms with van der Waals surface area (Å²) in [5, 5.41) is 10.2. The second kappa shape index (κ2) is 7.73. The third kappa shape index (κ3) is 3.69. The van der Waals surface area contributed by atoms with E-state index in [9.17, 15) is 9.90 Å². The maximum atomic E-state index is 12.0. The Morgan fingerprint density at radius 2 is 1.85 bits per heavy atom. The number of carboxylic acid groups (broad SMARTS) is 1. The van der Waals surface area contributed by atoms with Crippen LogP contribution in [0.2, 0.25) is 5.02 Å². The molecule has 0 radical (unpaired) electrons. The second-order valence-corrected chi connectivity index (χ2v) is 5.97. The van der Waals surface area contributed by atoms with Crippen LogP contribution in [0.5, 0.6) is 5.75 Å². The second-order valence-electron chi connectivity index (χ2n) is 5.53. The molecule has 3 rings (SSSR count). The number of aromatic carboxylic acids is 1. The van der Waals surface area contributed by atoms with Gasteiger partial charge in [-0.3, -0.25) is 0 Å². The van der Waals surface area contributed by atoms with E-state index in [1.165, 1.54) is 6.07 Å². The highest BCUT2D eigenvalue weighted by Crippen LogP contribution is 2.40. The standard InChI is InChI=1S/C21H14ClNO3/c1-23-17-10-11-18(26-13-14-6-3-2-4-7-14)20(21(24)25)19(17)15-8-5-9-16(22)12-15/h2-12H,13H2,(H,24,25). The molecule has 4 nitrogen and oxygen atoms in total. The number of halogens is 1. The lowest BCUT2D eigenvalue weighted by Crippen LogP contribution is -2.06. The highest BCUT2D eigenvalue weighted by Gasteiger charge is 2.22. The Bertz CT molecular complexity index is 994. The predicted octanol–water partition coefficient (Wildman–Crippen LogP) is 5.83. The molecular formula is C21H14ClNO3. The minimum absolute atomic E-state index is 0.0447. The van der Waals surface area contributed by atoms with Crippen molar-refractivity contribution < 1.29 is 14.6 Å². The largest absolute Gasteiger partial charge is 0.488 e. The summed E-state index contributed by atoms with van der Waals surface area (Å²) in [5.74, 6) is -0.947. The Hall–Kier alpha value is -3.29. The summed E-state index contributed by atoms with van der Waals surface area (Å²) < 4.78 is 5.76. The first-order valence-electron chi connectivity index (χ1n) is 7.80. The van der Waals surface area contributed by atoms with Crippen molar-refractivity contribution in [1.29, 1.82) is 0 Å². The molecule has 3 aromatic carbocycles. The molecule has 0 fully saturated rings. The molecule has 0 atom stereocenters. The molecule has 0 aliphatic rings. The van der Waals surface area contributed by atoms with E-state index in [0.29, 0.717) is 16.1 Å². The number of carbonyl (C=O) groups is 1. The maximum absolute atomic E-state index is 12.0. The topological polar surface area (TPSA) is 50.9 Å². The van der Waals surface area contributed by atoms with E-state index in [1.54, 1.807) is 30.3 Å². The van der Waals surface area contributed by atoms with Crippen LogP contribution in [0, 0.1) is 6.57 Å². The van der Waals surface area contributed by atoms with Gasteiger partial charge in [0.15, 0.2) is 5.69 Å². The molecule has 0 amide bonds. The van der Waals surface area contributed by atoms with E-state index in [4.69, 9.17) is 22.9 Å². The number of nitrogens with zero attached hydrogens (tertiary/aromatic N) is 1. The fourth-order valence-electron chi connectivity index (χ4n) is 2.67. The molecule has 0 saturated heterocycles. The van der Waals surface area contributed by atoms with Crippen LogP contribution in [0.1, 0.15) is 15.9 Å². The van der Waals surface area contributed by atoms with Crippen molar-refractivity contribution in [1.82, 2.24) is 0 Å². The smallest absolute Gasteiger partial charge is 0.338 e. The van der Waals surface area contributed by atoms with Crippen LogP contribution in [0.4, 0.5) is 5.69 Å². The fraction of sp³-hybridized carbons (Fsp3) is 0.0476. The number of hydrogen-bond acceptors (Lipinski definition) is 2. The number of rotatable bonds is 5. The summed E-state index contributed by atoms with van der Waals surface area (Å²) in [6.07, 6.45) is 0. The van der Waals surface area contributed by atoms with Crippen LogP contribution in [0.15, 0.2) is 66.7 Å². The molecule has 3 aromatic rings. The van der Waals surface area contributed by atoms with Crippen molar-refractivity contribution in [3.63, 3.8) is 0 Å². The summed E-state index contributed by atoms with van der Waals surface area (Å²) >= 11 is 6.05. The van der Waals surface area contributed by atoms with Crippen molar-refractivity contribution >= 4 is 23.3 Å². The van der Waals surface area contributed by atoms with Gasteiger partial charge in [0.1, 0.15) is 12.4 Å². The molecule has 26 heavy (non-hydrogen) atoms. The average molecular weight is 364 g/mol. The first-order valence-corrected chi connectivity index (χ1v) is 8.18. The highest BCUT2D eigenvalue weighted by atomic mass is 35.5. The highest BCUT2D eigenvalue weighted by molar-refractivity contribution is 6.31. The zero-order chi connectivity index (χ0) is 18.5. The Labute approximate surface area is 156 Å². The van der Waals surface area contributed by atoms with Crippen LogP contribution < -0.4 is 4.74 Å². The molecule has 0 aromatic heterocycles. The Morgan fingerprint density at radius 3 is 2.50 bits per heavy atom. The molecule has 0 spiro atoms. The van der Waals surface area contributed by atoms with Gasteiger partial charge in [-0.2, -0.15) is 0 Å². The number of carboxylic acids is 1. The summed E-state index contributed by atoms with van der Waals surface area (Å²) in [6.45, 7) is 7.62. The van der Waals surface area contributed by atoms with Gasteiger partial charge < -0.3 is 9.84 Å². The van der Waals surface area contributed by atoms with Crippen molar-refractivity contribution in [2.24, 2.45) is 0 Å². The predicted molar refractivity (Wildman–Crippen MR) is 101 cm³/mol. The van der Waals surface area contributed by atoms with E-state index in [-0.39, 0.29) is 23.6 Å². The molecule has 0 heterocycles. The van der Waals surface area contributed by atoms with E-state index in [1.807, 2.05) is 30.3 Å². The third-order valence-electron chi connectivity index (χ3n) is 3.83. The number of benzene rings is 3. The number of hydrogen-bond donors (Lipinski definition) is 1. The van der Waals surface area contributed by atoms with Gasteiger partial charge in [-0.15, -0.1) is 0 Å². The fourth-order valence-corrected chi connectivity index (χ4v) is 2.86. The quantitative estimate of drug-likeness (QED) is 0.580. The Balaban J connectivity index is 2.10. The maximum Gasteiger partial charge on any atom is 0.338 e. The SMILES string of the molecule is [C-]#[N+]c1ccc(OCc2ccccc2)c(C(=O)O)c1-c1cccc(Cl)c1. The summed E-state index contributed by atoms with van der Waals surface area (Å²) in [5.41, 5.74) is 1.97. The van der Waals surface area contributed by atoms with Gasteiger partial charge in [-0.05, 0) is 29.3 Å². The van der Waals surface area contributed by atoms with Crippen molar-refractivity contribution in [3.8, 4) is 16.9 Å². The van der Waals surface area contributed by atoms with Gasteiger partial charge in [0.05, 0.1) is 12.1 Å². The lowest BCUT2D eigenvalue weighted by Gasteiger charge is -2.15. The average Bonchev–Trinajstić information content (AvgIpc) is 2.66. The van der Waals surface area contributed by atoms with Gasteiger partial charge >= 0.3 is 5.97 Å². The Morgan fingerprint density at radius 1 is 1.08 bits per heavy atom. The van der Waals surface area contributed by atoms with Gasteiger partial charge in [0, 0.05) is 10.6 Å².